The van der Waals surface area contributed by atoms with Crippen molar-refractivity contribution in [2.45, 2.75) is 45.1 Å². The summed E-state index contributed by atoms with van der Waals surface area (Å²) >= 11 is 0. The summed E-state index contributed by atoms with van der Waals surface area (Å²) in [6.45, 7) is 7.89. The molecule has 0 saturated carbocycles. The predicted octanol–water partition coefficient (Wildman–Crippen LogP) is 3.24. The molecule has 0 aromatic heterocycles. The van der Waals surface area contributed by atoms with Crippen LogP contribution in [0.3, 0.4) is 0 Å². The number of benzene rings is 1. The first-order valence-electron chi connectivity index (χ1n) is 5.88. The number of piperidine rings is 1. The first-order valence-corrected chi connectivity index (χ1v) is 5.88. The van der Waals surface area contributed by atoms with Crippen molar-refractivity contribution in [2.75, 3.05) is 6.54 Å². The maximum atomic E-state index is 3.57. The summed E-state index contributed by atoms with van der Waals surface area (Å²) in [5.74, 6) is 0.738. The van der Waals surface area contributed by atoms with E-state index in [1.807, 2.05) is 0 Å². The Hall–Kier alpha value is -0.820. The predicted molar refractivity (Wildman–Crippen MR) is 65.2 cm³/mol. The van der Waals surface area contributed by atoms with Crippen molar-refractivity contribution in [3.8, 4) is 0 Å². The lowest BCUT2D eigenvalue weighted by Gasteiger charge is -2.36. The van der Waals surface area contributed by atoms with E-state index >= 15 is 0 Å². The van der Waals surface area contributed by atoms with Gasteiger partial charge in [-0.2, -0.15) is 0 Å². The molecule has 1 aliphatic rings. The van der Waals surface area contributed by atoms with Crippen LogP contribution in [0, 0.1) is 6.92 Å². The van der Waals surface area contributed by atoms with Gasteiger partial charge in [-0.05, 0) is 51.6 Å². The van der Waals surface area contributed by atoms with Gasteiger partial charge >= 0.3 is 0 Å². The number of hydrogen-bond acceptors (Lipinski definition) is 1. The Morgan fingerprint density at radius 1 is 1.20 bits per heavy atom. The molecular weight excluding hydrogens is 182 g/mol. The van der Waals surface area contributed by atoms with Gasteiger partial charge in [0.25, 0.3) is 0 Å². The zero-order valence-corrected chi connectivity index (χ0v) is 10.0. The summed E-state index contributed by atoms with van der Waals surface area (Å²) in [6, 6.07) is 9.04. The van der Waals surface area contributed by atoms with Gasteiger partial charge < -0.3 is 5.32 Å². The standard InChI is InChI=1S/C14H21N/c1-11-4-6-12(7-5-11)13-8-9-15-14(2,3)10-13/h4-7,13,15H,8-10H2,1-3H3. The highest BCUT2D eigenvalue weighted by Gasteiger charge is 2.27. The van der Waals surface area contributed by atoms with Crippen LogP contribution in [0.25, 0.3) is 0 Å². The average Bonchev–Trinajstić information content (AvgIpc) is 2.17. The van der Waals surface area contributed by atoms with Gasteiger partial charge in [-0.3, -0.25) is 0 Å². The van der Waals surface area contributed by atoms with E-state index in [4.69, 9.17) is 0 Å². The summed E-state index contributed by atoms with van der Waals surface area (Å²) in [6.07, 6.45) is 2.52. The molecule has 0 spiro atoms. The average molecular weight is 203 g/mol. The Balaban J connectivity index is 2.13. The molecule has 0 radical (unpaired) electrons. The van der Waals surface area contributed by atoms with Crippen LogP contribution < -0.4 is 5.32 Å². The van der Waals surface area contributed by atoms with E-state index in [9.17, 15) is 0 Å². The van der Waals surface area contributed by atoms with Crippen molar-refractivity contribution in [3.63, 3.8) is 0 Å². The highest BCUT2D eigenvalue weighted by Crippen LogP contribution is 2.32. The van der Waals surface area contributed by atoms with E-state index < -0.39 is 0 Å². The molecule has 1 saturated heterocycles. The molecule has 1 unspecified atom stereocenters. The Kier molecular flexibility index (Phi) is 2.83. The minimum Gasteiger partial charge on any atom is -0.312 e. The van der Waals surface area contributed by atoms with Crippen LogP contribution in [0.15, 0.2) is 24.3 Å². The first-order chi connectivity index (χ1) is 7.07. The zero-order chi connectivity index (χ0) is 10.9. The van der Waals surface area contributed by atoms with E-state index in [1.54, 1.807) is 0 Å². The Labute approximate surface area is 92.9 Å². The van der Waals surface area contributed by atoms with Crippen molar-refractivity contribution in [2.24, 2.45) is 0 Å². The lowest BCUT2D eigenvalue weighted by atomic mass is 9.80. The third kappa shape index (κ3) is 2.60. The molecule has 82 valence electrons. The molecule has 1 aromatic carbocycles. The van der Waals surface area contributed by atoms with Gasteiger partial charge in [0.15, 0.2) is 0 Å². The number of aryl methyl sites for hydroxylation is 1. The van der Waals surface area contributed by atoms with Crippen molar-refractivity contribution in [1.82, 2.24) is 5.32 Å². The first kappa shape index (κ1) is 10.7. The molecule has 1 aromatic rings. The molecule has 1 nitrogen and oxygen atoms in total. The SMILES string of the molecule is Cc1ccc(C2CCNC(C)(C)C2)cc1. The lowest BCUT2D eigenvalue weighted by molar-refractivity contribution is 0.275. The van der Waals surface area contributed by atoms with Crippen molar-refractivity contribution >= 4 is 0 Å². The maximum absolute atomic E-state index is 3.57. The Bertz CT molecular complexity index is 324. The fourth-order valence-electron chi connectivity index (χ4n) is 2.50. The normalized spacial score (nSPS) is 25.1. The number of hydrogen-bond donors (Lipinski definition) is 1. The van der Waals surface area contributed by atoms with Crippen LogP contribution in [-0.2, 0) is 0 Å². The summed E-state index contributed by atoms with van der Waals surface area (Å²) in [7, 11) is 0. The Morgan fingerprint density at radius 2 is 1.87 bits per heavy atom. The van der Waals surface area contributed by atoms with Gasteiger partial charge in [0.1, 0.15) is 0 Å². The highest BCUT2D eigenvalue weighted by atomic mass is 15.0. The van der Waals surface area contributed by atoms with Crippen molar-refractivity contribution in [1.29, 1.82) is 0 Å². The topological polar surface area (TPSA) is 12.0 Å². The summed E-state index contributed by atoms with van der Waals surface area (Å²) in [5.41, 5.74) is 3.16. The summed E-state index contributed by atoms with van der Waals surface area (Å²) < 4.78 is 0. The third-order valence-electron chi connectivity index (χ3n) is 3.40. The van der Waals surface area contributed by atoms with Gasteiger partial charge in [-0.25, -0.2) is 0 Å². The quantitative estimate of drug-likeness (QED) is 0.739. The van der Waals surface area contributed by atoms with Crippen LogP contribution in [0.2, 0.25) is 0 Å². The molecule has 1 atom stereocenters. The second-order valence-electron chi connectivity index (χ2n) is 5.41. The lowest BCUT2D eigenvalue weighted by Crippen LogP contribution is -2.45. The molecule has 1 heteroatoms. The van der Waals surface area contributed by atoms with Gasteiger partial charge in [-0.1, -0.05) is 29.8 Å². The molecule has 15 heavy (non-hydrogen) atoms. The summed E-state index contributed by atoms with van der Waals surface area (Å²) in [4.78, 5) is 0. The van der Waals surface area contributed by atoms with Crippen LogP contribution in [0.4, 0.5) is 0 Å². The third-order valence-corrected chi connectivity index (χ3v) is 3.40. The molecule has 0 bridgehead atoms. The van der Waals surface area contributed by atoms with Crippen LogP contribution in [0.1, 0.15) is 43.7 Å². The fourth-order valence-corrected chi connectivity index (χ4v) is 2.50. The molecule has 0 aliphatic carbocycles. The number of rotatable bonds is 1. The fraction of sp³-hybridized carbons (Fsp3) is 0.571. The molecule has 1 fully saturated rings. The van der Waals surface area contributed by atoms with Crippen molar-refractivity contribution in [3.05, 3.63) is 35.4 Å². The van der Waals surface area contributed by atoms with E-state index in [0.717, 1.165) is 12.5 Å². The van der Waals surface area contributed by atoms with E-state index in [2.05, 4.69) is 50.4 Å². The van der Waals surface area contributed by atoms with E-state index in [1.165, 1.54) is 24.0 Å². The van der Waals surface area contributed by atoms with Crippen molar-refractivity contribution < 1.29 is 0 Å². The minimum atomic E-state index is 0.299. The summed E-state index contributed by atoms with van der Waals surface area (Å²) in [5, 5.41) is 3.57. The molecule has 1 aliphatic heterocycles. The smallest absolute Gasteiger partial charge is 0.0131 e. The maximum Gasteiger partial charge on any atom is 0.0131 e. The van der Waals surface area contributed by atoms with Gasteiger partial charge in [0.2, 0.25) is 0 Å². The van der Waals surface area contributed by atoms with Crippen LogP contribution in [0.5, 0.6) is 0 Å². The zero-order valence-electron chi connectivity index (χ0n) is 10.0. The minimum absolute atomic E-state index is 0.299. The highest BCUT2D eigenvalue weighted by molar-refractivity contribution is 5.25. The molecule has 0 amide bonds. The molecule has 1 heterocycles. The molecular formula is C14H21N. The van der Waals surface area contributed by atoms with Crippen LogP contribution >= 0.6 is 0 Å². The Morgan fingerprint density at radius 3 is 2.47 bits per heavy atom. The second-order valence-corrected chi connectivity index (χ2v) is 5.41. The molecule has 2 rings (SSSR count). The van der Waals surface area contributed by atoms with E-state index in [0.29, 0.717) is 5.54 Å². The van der Waals surface area contributed by atoms with Gasteiger partial charge in [0, 0.05) is 5.54 Å². The van der Waals surface area contributed by atoms with E-state index in [-0.39, 0.29) is 0 Å². The second kappa shape index (κ2) is 3.97. The monoisotopic (exact) mass is 203 g/mol. The molecule has 1 N–H and O–H groups in total. The van der Waals surface area contributed by atoms with Gasteiger partial charge in [-0.15, -0.1) is 0 Å². The largest absolute Gasteiger partial charge is 0.312 e. The number of nitrogens with one attached hydrogen (secondary N) is 1. The van der Waals surface area contributed by atoms with Gasteiger partial charge in [0.05, 0.1) is 0 Å². The van der Waals surface area contributed by atoms with Crippen LogP contribution in [-0.4, -0.2) is 12.1 Å².